The summed E-state index contributed by atoms with van der Waals surface area (Å²) in [5.74, 6) is -0.910. The fraction of sp³-hybridized carbons (Fsp3) is 0.167. The maximum atomic E-state index is 13.1. The van der Waals surface area contributed by atoms with Crippen LogP contribution >= 0.6 is 0 Å². The average molecular weight is 343 g/mol. The summed E-state index contributed by atoms with van der Waals surface area (Å²) in [6.07, 6.45) is 1.46. The van der Waals surface area contributed by atoms with E-state index in [0.29, 0.717) is 17.9 Å². The van der Waals surface area contributed by atoms with Crippen molar-refractivity contribution in [2.24, 2.45) is 5.10 Å². The van der Waals surface area contributed by atoms with Gasteiger partial charge < -0.3 is 10.1 Å². The molecule has 0 saturated carbocycles. The lowest BCUT2D eigenvalue weighted by atomic mass is 10.2. The monoisotopic (exact) mass is 343 g/mol. The Hall–Kier alpha value is -3.22. The number of para-hydroxylation sites is 1. The Labute approximate surface area is 144 Å². The Morgan fingerprint density at radius 2 is 2.00 bits per heavy atom. The summed E-state index contributed by atoms with van der Waals surface area (Å²) in [4.78, 5) is 23.5. The van der Waals surface area contributed by atoms with E-state index in [0.717, 1.165) is 6.07 Å². The van der Waals surface area contributed by atoms with Crippen molar-refractivity contribution >= 4 is 18.0 Å². The van der Waals surface area contributed by atoms with Crippen molar-refractivity contribution in [2.75, 3.05) is 13.2 Å². The van der Waals surface area contributed by atoms with Crippen molar-refractivity contribution in [1.29, 1.82) is 0 Å². The topological polar surface area (TPSA) is 79.8 Å². The summed E-state index contributed by atoms with van der Waals surface area (Å²) in [5, 5.41) is 6.22. The minimum absolute atomic E-state index is 0.141. The van der Waals surface area contributed by atoms with E-state index in [-0.39, 0.29) is 12.1 Å². The molecular weight excluding hydrogens is 325 g/mol. The van der Waals surface area contributed by atoms with Gasteiger partial charge in [0, 0.05) is 11.1 Å². The predicted octanol–water partition coefficient (Wildman–Crippen LogP) is 2.10. The van der Waals surface area contributed by atoms with Crippen molar-refractivity contribution < 1.29 is 18.7 Å². The number of hydrogen-bond acceptors (Lipinski definition) is 4. The Kier molecular flexibility index (Phi) is 6.65. The second kappa shape index (κ2) is 9.17. The largest absolute Gasteiger partial charge is 0.493 e. The third-order valence-corrected chi connectivity index (χ3v) is 3.11. The van der Waals surface area contributed by atoms with Crippen LogP contribution in [0.5, 0.6) is 5.75 Å². The SMILES string of the molecule is CCOc1ccccc1/C=N/NC(=O)CNC(=O)c1cccc(F)c1. The van der Waals surface area contributed by atoms with Gasteiger partial charge in [0.2, 0.25) is 0 Å². The third kappa shape index (κ3) is 5.72. The van der Waals surface area contributed by atoms with Gasteiger partial charge in [-0.1, -0.05) is 18.2 Å². The highest BCUT2D eigenvalue weighted by molar-refractivity contribution is 5.96. The summed E-state index contributed by atoms with van der Waals surface area (Å²) in [6.45, 7) is 2.11. The lowest BCUT2D eigenvalue weighted by molar-refractivity contribution is -0.120. The molecule has 0 bridgehead atoms. The molecule has 0 spiro atoms. The van der Waals surface area contributed by atoms with Crippen LogP contribution in [0.2, 0.25) is 0 Å². The summed E-state index contributed by atoms with van der Waals surface area (Å²) in [5.41, 5.74) is 3.16. The number of nitrogens with zero attached hydrogens (tertiary/aromatic N) is 1. The zero-order valence-corrected chi connectivity index (χ0v) is 13.7. The molecule has 6 nitrogen and oxygen atoms in total. The Balaban J connectivity index is 1.84. The quantitative estimate of drug-likeness (QED) is 0.597. The van der Waals surface area contributed by atoms with Crippen molar-refractivity contribution in [3.05, 3.63) is 65.5 Å². The molecule has 0 saturated heterocycles. The Morgan fingerprint density at radius 3 is 2.76 bits per heavy atom. The van der Waals surface area contributed by atoms with Gasteiger partial charge in [0.15, 0.2) is 0 Å². The minimum Gasteiger partial charge on any atom is -0.493 e. The molecule has 0 aliphatic rings. The standard InChI is InChI=1S/C18H18FN3O3/c1-2-25-16-9-4-3-6-14(16)11-21-22-17(23)12-20-18(24)13-7-5-8-15(19)10-13/h3-11H,2,12H2,1H3,(H,20,24)(H,22,23)/b21-11+. The molecule has 0 aromatic heterocycles. The second-order valence-electron chi connectivity index (χ2n) is 4.96. The van der Waals surface area contributed by atoms with E-state index in [1.165, 1.54) is 24.4 Å². The predicted molar refractivity (Wildman–Crippen MR) is 92.1 cm³/mol. The van der Waals surface area contributed by atoms with Gasteiger partial charge in [-0.15, -0.1) is 0 Å². The van der Waals surface area contributed by atoms with E-state index in [9.17, 15) is 14.0 Å². The number of hydrogen-bond donors (Lipinski definition) is 2. The molecule has 0 radical (unpaired) electrons. The number of amides is 2. The molecule has 0 heterocycles. The molecule has 7 heteroatoms. The lowest BCUT2D eigenvalue weighted by Gasteiger charge is -2.06. The zero-order valence-electron chi connectivity index (χ0n) is 13.7. The van der Waals surface area contributed by atoms with E-state index in [1.54, 1.807) is 12.1 Å². The first kappa shape index (κ1) is 18.1. The molecule has 0 atom stereocenters. The van der Waals surface area contributed by atoms with Crippen molar-refractivity contribution in [2.45, 2.75) is 6.92 Å². The van der Waals surface area contributed by atoms with Gasteiger partial charge in [0.25, 0.3) is 11.8 Å². The number of hydrazone groups is 1. The molecule has 0 aliphatic carbocycles. The molecule has 0 unspecified atom stereocenters. The van der Waals surface area contributed by atoms with Gasteiger partial charge in [0.05, 0.1) is 19.4 Å². The minimum atomic E-state index is -0.541. The number of rotatable bonds is 7. The maximum Gasteiger partial charge on any atom is 0.259 e. The summed E-state index contributed by atoms with van der Waals surface area (Å²) < 4.78 is 18.5. The van der Waals surface area contributed by atoms with Gasteiger partial charge >= 0.3 is 0 Å². The van der Waals surface area contributed by atoms with Gasteiger partial charge in [-0.05, 0) is 37.3 Å². The molecule has 2 N–H and O–H groups in total. The highest BCUT2D eigenvalue weighted by Crippen LogP contribution is 2.15. The van der Waals surface area contributed by atoms with Crippen LogP contribution in [0.4, 0.5) is 4.39 Å². The molecule has 2 amide bonds. The molecule has 2 aromatic rings. The van der Waals surface area contributed by atoms with Crippen LogP contribution in [-0.2, 0) is 4.79 Å². The number of carbonyl (C=O) groups excluding carboxylic acids is 2. The fourth-order valence-corrected chi connectivity index (χ4v) is 1.98. The smallest absolute Gasteiger partial charge is 0.259 e. The van der Waals surface area contributed by atoms with E-state index >= 15 is 0 Å². The Morgan fingerprint density at radius 1 is 1.20 bits per heavy atom. The van der Waals surface area contributed by atoms with Gasteiger partial charge in [-0.2, -0.15) is 5.10 Å². The highest BCUT2D eigenvalue weighted by atomic mass is 19.1. The van der Waals surface area contributed by atoms with Crippen molar-refractivity contribution in [3.8, 4) is 5.75 Å². The molecular formula is C18H18FN3O3. The Bertz CT molecular complexity index is 778. The number of nitrogens with one attached hydrogen (secondary N) is 2. The van der Waals surface area contributed by atoms with Crippen LogP contribution in [0.1, 0.15) is 22.8 Å². The number of halogens is 1. The van der Waals surface area contributed by atoms with Crippen LogP contribution in [0, 0.1) is 5.82 Å². The van der Waals surface area contributed by atoms with E-state index < -0.39 is 17.6 Å². The summed E-state index contributed by atoms with van der Waals surface area (Å²) in [7, 11) is 0. The van der Waals surface area contributed by atoms with E-state index in [1.807, 2.05) is 19.1 Å². The average Bonchev–Trinajstić information content (AvgIpc) is 2.61. The van der Waals surface area contributed by atoms with Crippen molar-refractivity contribution in [3.63, 3.8) is 0 Å². The van der Waals surface area contributed by atoms with Crippen LogP contribution in [0.25, 0.3) is 0 Å². The van der Waals surface area contributed by atoms with Crippen LogP contribution < -0.4 is 15.5 Å². The first-order valence-corrected chi connectivity index (χ1v) is 7.67. The second-order valence-corrected chi connectivity index (χ2v) is 4.96. The highest BCUT2D eigenvalue weighted by Gasteiger charge is 2.08. The molecule has 0 fully saturated rings. The fourth-order valence-electron chi connectivity index (χ4n) is 1.98. The molecule has 0 aliphatic heterocycles. The first-order valence-electron chi connectivity index (χ1n) is 7.67. The third-order valence-electron chi connectivity index (χ3n) is 3.11. The van der Waals surface area contributed by atoms with E-state index in [2.05, 4.69) is 15.8 Å². The molecule has 25 heavy (non-hydrogen) atoms. The normalized spacial score (nSPS) is 10.5. The van der Waals surface area contributed by atoms with Crippen LogP contribution in [-0.4, -0.2) is 31.2 Å². The van der Waals surface area contributed by atoms with Gasteiger partial charge in [-0.3, -0.25) is 9.59 Å². The van der Waals surface area contributed by atoms with Gasteiger partial charge in [0.1, 0.15) is 11.6 Å². The summed E-state index contributed by atoms with van der Waals surface area (Å²) in [6, 6.07) is 12.5. The molecule has 2 aromatic carbocycles. The van der Waals surface area contributed by atoms with Crippen LogP contribution in [0.15, 0.2) is 53.6 Å². The van der Waals surface area contributed by atoms with Gasteiger partial charge in [-0.25, -0.2) is 9.82 Å². The maximum absolute atomic E-state index is 13.1. The first-order chi connectivity index (χ1) is 12.1. The molecule has 130 valence electrons. The van der Waals surface area contributed by atoms with E-state index in [4.69, 9.17) is 4.74 Å². The summed E-state index contributed by atoms with van der Waals surface area (Å²) >= 11 is 0. The van der Waals surface area contributed by atoms with Crippen molar-refractivity contribution in [1.82, 2.24) is 10.7 Å². The number of benzene rings is 2. The van der Waals surface area contributed by atoms with Crippen LogP contribution in [0.3, 0.4) is 0 Å². The molecule has 2 rings (SSSR count). The lowest BCUT2D eigenvalue weighted by Crippen LogP contribution is -2.34. The zero-order chi connectivity index (χ0) is 18.1. The number of carbonyl (C=O) groups is 2. The number of ether oxygens (including phenoxy) is 1.